The van der Waals surface area contributed by atoms with Crippen LogP contribution in [-0.2, 0) is 0 Å². The molecule has 0 amide bonds. The fraction of sp³-hybridized carbons (Fsp3) is 0.385. The van der Waals surface area contributed by atoms with E-state index in [1.807, 2.05) is 0 Å². The maximum absolute atomic E-state index is 2.18. The number of hydrogen-bond acceptors (Lipinski definition) is 1. The van der Waals surface area contributed by atoms with Crippen LogP contribution in [0.25, 0.3) is 5.57 Å². The van der Waals surface area contributed by atoms with Gasteiger partial charge in [0, 0.05) is 19.8 Å². The molecule has 1 rings (SSSR count). The third-order valence-corrected chi connectivity index (χ3v) is 2.57. The van der Waals surface area contributed by atoms with Crippen LogP contribution < -0.4 is 4.90 Å². The Morgan fingerprint density at radius 2 is 1.43 bits per heavy atom. The quantitative estimate of drug-likeness (QED) is 0.687. The van der Waals surface area contributed by atoms with Gasteiger partial charge in [0.05, 0.1) is 0 Å². The summed E-state index contributed by atoms with van der Waals surface area (Å²) in [5.41, 5.74) is 5.31. The third kappa shape index (κ3) is 2.38. The lowest BCUT2D eigenvalue weighted by atomic mass is 10.0. The highest BCUT2D eigenvalue weighted by molar-refractivity contribution is 5.67. The summed E-state index contributed by atoms with van der Waals surface area (Å²) in [7, 11) is 4.12. The van der Waals surface area contributed by atoms with Crippen molar-refractivity contribution in [1.29, 1.82) is 0 Å². The SMILES string of the molecule is CC(C)=C(C)c1ccc(N(C)C)cc1. The summed E-state index contributed by atoms with van der Waals surface area (Å²) in [6.07, 6.45) is 0. The predicted molar refractivity (Wildman–Crippen MR) is 64.7 cm³/mol. The van der Waals surface area contributed by atoms with Crippen molar-refractivity contribution in [3.05, 3.63) is 35.4 Å². The highest BCUT2D eigenvalue weighted by atomic mass is 15.1. The Kier molecular flexibility index (Phi) is 3.34. The molecular formula is C13H19N. The van der Waals surface area contributed by atoms with E-state index in [0.29, 0.717) is 0 Å². The van der Waals surface area contributed by atoms with E-state index < -0.39 is 0 Å². The van der Waals surface area contributed by atoms with Gasteiger partial charge in [0.25, 0.3) is 0 Å². The van der Waals surface area contributed by atoms with Crippen molar-refractivity contribution in [1.82, 2.24) is 0 Å². The fourth-order valence-electron chi connectivity index (χ4n) is 1.30. The van der Waals surface area contributed by atoms with E-state index in [0.717, 1.165) is 0 Å². The maximum Gasteiger partial charge on any atom is 0.0361 e. The zero-order chi connectivity index (χ0) is 10.7. The number of anilines is 1. The number of benzene rings is 1. The van der Waals surface area contributed by atoms with E-state index in [1.54, 1.807) is 0 Å². The molecule has 0 aliphatic carbocycles. The fourth-order valence-corrected chi connectivity index (χ4v) is 1.30. The third-order valence-electron chi connectivity index (χ3n) is 2.57. The Morgan fingerprint density at radius 1 is 0.929 bits per heavy atom. The Balaban J connectivity index is 3.00. The molecule has 0 aromatic heterocycles. The molecule has 0 saturated heterocycles. The monoisotopic (exact) mass is 189 g/mol. The molecule has 0 unspecified atom stereocenters. The van der Waals surface area contributed by atoms with Crippen LogP contribution in [0.15, 0.2) is 29.8 Å². The van der Waals surface area contributed by atoms with Gasteiger partial charge < -0.3 is 4.90 Å². The van der Waals surface area contributed by atoms with E-state index in [1.165, 1.54) is 22.4 Å². The molecule has 0 fully saturated rings. The molecule has 0 aliphatic heterocycles. The van der Waals surface area contributed by atoms with Gasteiger partial charge in [-0.1, -0.05) is 17.7 Å². The lowest BCUT2D eigenvalue weighted by Gasteiger charge is -2.13. The number of nitrogens with zero attached hydrogens (tertiary/aromatic N) is 1. The van der Waals surface area contributed by atoms with Crippen LogP contribution in [0.4, 0.5) is 5.69 Å². The molecule has 0 N–H and O–H groups in total. The van der Waals surface area contributed by atoms with Crippen molar-refractivity contribution in [3.8, 4) is 0 Å². The van der Waals surface area contributed by atoms with Gasteiger partial charge in [0.15, 0.2) is 0 Å². The van der Waals surface area contributed by atoms with E-state index >= 15 is 0 Å². The van der Waals surface area contributed by atoms with Crippen LogP contribution in [0.3, 0.4) is 0 Å². The first-order valence-corrected chi connectivity index (χ1v) is 4.94. The molecule has 1 aromatic rings. The normalized spacial score (nSPS) is 9.79. The second kappa shape index (κ2) is 4.32. The number of rotatable bonds is 2. The van der Waals surface area contributed by atoms with Crippen molar-refractivity contribution >= 4 is 11.3 Å². The van der Waals surface area contributed by atoms with Crippen LogP contribution in [-0.4, -0.2) is 14.1 Å². The summed E-state index contributed by atoms with van der Waals surface area (Å²) in [4.78, 5) is 2.11. The Bertz CT molecular complexity index is 327. The molecule has 0 atom stereocenters. The topological polar surface area (TPSA) is 3.24 Å². The molecule has 1 nitrogen and oxygen atoms in total. The van der Waals surface area contributed by atoms with Gasteiger partial charge in [-0.25, -0.2) is 0 Å². The van der Waals surface area contributed by atoms with Crippen molar-refractivity contribution in [2.75, 3.05) is 19.0 Å². The van der Waals surface area contributed by atoms with E-state index in [2.05, 4.69) is 64.0 Å². The van der Waals surface area contributed by atoms with Crippen LogP contribution >= 0.6 is 0 Å². The first-order valence-electron chi connectivity index (χ1n) is 4.94. The number of hydrogen-bond donors (Lipinski definition) is 0. The summed E-state index contributed by atoms with van der Waals surface area (Å²) in [5.74, 6) is 0. The van der Waals surface area contributed by atoms with Gasteiger partial charge >= 0.3 is 0 Å². The minimum absolute atomic E-state index is 1.25. The van der Waals surface area contributed by atoms with Crippen molar-refractivity contribution < 1.29 is 0 Å². The molecule has 0 saturated carbocycles. The van der Waals surface area contributed by atoms with E-state index in [4.69, 9.17) is 0 Å². The van der Waals surface area contributed by atoms with E-state index in [-0.39, 0.29) is 0 Å². The lowest BCUT2D eigenvalue weighted by Crippen LogP contribution is -2.08. The summed E-state index contributed by atoms with van der Waals surface area (Å²) < 4.78 is 0. The summed E-state index contributed by atoms with van der Waals surface area (Å²) in [5, 5.41) is 0. The van der Waals surface area contributed by atoms with Crippen LogP contribution in [0, 0.1) is 0 Å². The van der Waals surface area contributed by atoms with Gasteiger partial charge in [-0.05, 0) is 44.0 Å². The van der Waals surface area contributed by atoms with Crippen LogP contribution in [0.1, 0.15) is 26.3 Å². The zero-order valence-electron chi connectivity index (χ0n) is 9.76. The van der Waals surface area contributed by atoms with Crippen LogP contribution in [0.2, 0.25) is 0 Å². The summed E-state index contributed by atoms with van der Waals surface area (Å²) in [6.45, 7) is 6.46. The minimum Gasteiger partial charge on any atom is -0.378 e. The van der Waals surface area contributed by atoms with Crippen molar-refractivity contribution in [2.24, 2.45) is 0 Å². The Hall–Kier alpha value is -1.24. The molecule has 0 bridgehead atoms. The predicted octanol–water partition coefficient (Wildman–Crippen LogP) is 3.57. The highest BCUT2D eigenvalue weighted by Crippen LogP contribution is 2.20. The molecule has 1 heteroatoms. The highest BCUT2D eigenvalue weighted by Gasteiger charge is 1.98. The van der Waals surface area contributed by atoms with Crippen molar-refractivity contribution in [3.63, 3.8) is 0 Å². The Morgan fingerprint density at radius 3 is 1.79 bits per heavy atom. The van der Waals surface area contributed by atoms with Crippen molar-refractivity contribution in [2.45, 2.75) is 20.8 Å². The smallest absolute Gasteiger partial charge is 0.0361 e. The zero-order valence-corrected chi connectivity index (χ0v) is 9.76. The summed E-state index contributed by atoms with van der Waals surface area (Å²) in [6, 6.07) is 8.67. The molecule has 1 aromatic carbocycles. The molecule has 14 heavy (non-hydrogen) atoms. The van der Waals surface area contributed by atoms with Gasteiger partial charge in [0.2, 0.25) is 0 Å². The van der Waals surface area contributed by atoms with Gasteiger partial charge in [-0.15, -0.1) is 0 Å². The lowest BCUT2D eigenvalue weighted by molar-refractivity contribution is 1.13. The van der Waals surface area contributed by atoms with Gasteiger partial charge in [-0.3, -0.25) is 0 Å². The maximum atomic E-state index is 2.18. The molecule has 0 radical (unpaired) electrons. The standard InChI is InChI=1S/C13H19N/c1-10(2)11(3)12-6-8-13(9-7-12)14(4)5/h6-9H,1-5H3. The summed E-state index contributed by atoms with van der Waals surface area (Å²) >= 11 is 0. The van der Waals surface area contributed by atoms with E-state index in [9.17, 15) is 0 Å². The number of allylic oxidation sites excluding steroid dienone is 2. The molecule has 0 heterocycles. The molecule has 76 valence electrons. The van der Waals surface area contributed by atoms with Gasteiger partial charge in [-0.2, -0.15) is 0 Å². The first-order chi connectivity index (χ1) is 6.52. The minimum atomic E-state index is 1.25. The van der Waals surface area contributed by atoms with Gasteiger partial charge in [0.1, 0.15) is 0 Å². The average Bonchev–Trinajstić information content (AvgIpc) is 2.16. The average molecular weight is 189 g/mol. The first kappa shape index (κ1) is 10.8. The second-order valence-corrected chi connectivity index (χ2v) is 4.07. The largest absolute Gasteiger partial charge is 0.378 e. The molecule has 0 aliphatic rings. The molecular weight excluding hydrogens is 170 g/mol. The van der Waals surface area contributed by atoms with Crippen LogP contribution in [0.5, 0.6) is 0 Å². The molecule has 0 spiro atoms. The second-order valence-electron chi connectivity index (χ2n) is 4.07. The Labute approximate surface area is 87.1 Å².